The summed E-state index contributed by atoms with van der Waals surface area (Å²) >= 11 is 0. The Hall–Kier alpha value is -2.09. The Kier molecular flexibility index (Phi) is 5.80. The number of nitrogens with zero attached hydrogens (tertiary/aromatic N) is 4. The molecule has 1 fully saturated rings. The summed E-state index contributed by atoms with van der Waals surface area (Å²) in [5.74, 6) is 0.338. The van der Waals surface area contributed by atoms with Gasteiger partial charge in [0, 0.05) is 32.2 Å². The minimum absolute atomic E-state index is 0.00415. The monoisotopic (exact) mass is 363 g/mol. The van der Waals surface area contributed by atoms with Crippen molar-refractivity contribution in [2.75, 3.05) is 26.2 Å². The molecule has 1 aromatic rings. The van der Waals surface area contributed by atoms with Crippen LogP contribution in [0.2, 0.25) is 0 Å². The van der Waals surface area contributed by atoms with Gasteiger partial charge in [-0.15, -0.1) is 0 Å². The Labute approximate surface area is 154 Å². The number of urea groups is 1. The fourth-order valence-corrected chi connectivity index (χ4v) is 3.64. The van der Waals surface area contributed by atoms with Crippen LogP contribution in [0.25, 0.3) is 0 Å². The Bertz CT molecular complexity index is 657. The van der Waals surface area contributed by atoms with E-state index in [4.69, 9.17) is 0 Å². The van der Waals surface area contributed by atoms with Gasteiger partial charge in [-0.1, -0.05) is 13.8 Å². The summed E-state index contributed by atoms with van der Waals surface area (Å²) in [7, 11) is 0. The lowest BCUT2D eigenvalue weighted by Crippen LogP contribution is -2.46. The standard InChI is InChI=1S/C18H29N5O3/c1-13(2)17(25)21-6-7-23-16(11-21)8-15(20-23)9-19-18(26)22-5-3-4-14(10-22)12-24/h8,13-14,24H,3-7,9-12H2,1-2H3,(H,19,26)/t14-/m0/s1. The molecule has 0 aliphatic carbocycles. The molecule has 1 atom stereocenters. The highest BCUT2D eigenvalue weighted by Crippen LogP contribution is 2.17. The van der Waals surface area contributed by atoms with Crippen LogP contribution in [-0.4, -0.2) is 62.9 Å². The van der Waals surface area contributed by atoms with Gasteiger partial charge in [0.1, 0.15) is 0 Å². The van der Waals surface area contributed by atoms with E-state index in [0.29, 0.717) is 32.7 Å². The third-order valence-electron chi connectivity index (χ3n) is 5.14. The summed E-state index contributed by atoms with van der Waals surface area (Å²) in [6, 6.07) is 1.86. The predicted molar refractivity (Wildman–Crippen MR) is 96.1 cm³/mol. The van der Waals surface area contributed by atoms with E-state index in [9.17, 15) is 14.7 Å². The van der Waals surface area contributed by atoms with Crippen LogP contribution in [0.3, 0.4) is 0 Å². The van der Waals surface area contributed by atoms with Crippen molar-refractivity contribution in [3.8, 4) is 0 Å². The Morgan fingerprint density at radius 3 is 2.85 bits per heavy atom. The number of hydrogen-bond acceptors (Lipinski definition) is 4. The number of carbonyl (C=O) groups excluding carboxylic acids is 2. The second-order valence-electron chi connectivity index (χ2n) is 7.56. The third-order valence-corrected chi connectivity index (χ3v) is 5.14. The van der Waals surface area contributed by atoms with Crippen molar-refractivity contribution in [1.29, 1.82) is 0 Å². The fraction of sp³-hybridized carbons (Fsp3) is 0.722. The molecule has 0 spiro atoms. The smallest absolute Gasteiger partial charge is 0.317 e. The first kappa shape index (κ1) is 18.7. The van der Waals surface area contributed by atoms with E-state index in [1.807, 2.05) is 29.5 Å². The molecule has 3 amide bonds. The van der Waals surface area contributed by atoms with Crippen molar-refractivity contribution in [3.63, 3.8) is 0 Å². The summed E-state index contributed by atoms with van der Waals surface area (Å²) in [5.41, 5.74) is 1.82. The molecule has 2 aliphatic heterocycles. The van der Waals surface area contributed by atoms with E-state index in [2.05, 4.69) is 10.4 Å². The number of likely N-dealkylation sites (tertiary alicyclic amines) is 1. The number of rotatable bonds is 4. The van der Waals surface area contributed by atoms with Crippen LogP contribution in [-0.2, 0) is 24.4 Å². The molecule has 8 heteroatoms. The van der Waals surface area contributed by atoms with Crippen molar-refractivity contribution >= 4 is 11.9 Å². The van der Waals surface area contributed by atoms with Gasteiger partial charge in [0.05, 0.1) is 31.0 Å². The molecule has 1 saturated heterocycles. The normalized spacial score (nSPS) is 20.2. The molecule has 0 unspecified atom stereocenters. The molecule has 3 heterocycles. The predicted octanol–water partition coefficient (Wildman–Crippen LogP) is 0.795. The second-order valence-corrected chi connectivity index (χ2v) is 7.56. The number of amides is 3. The second kappa shape index (κ2) is 8.07. The molecular weight excluding hydrogens is 334 g/mol. The highest BCUT2D eigenvalue weighted by molar-refractivity contribution is 5.78. The Morgan fingerprint density at radius 1 is 1.31 bits per heavy atom. The van der Waals surface area contributed by atoms with Crippen LogP contribution in [0.4, 0.5) is 4.79 Å². The van der Waals surface area contributed by atoms with E-state index in [1.54, 1.807) is 4.90 Å². The van der Waals surface area contributed by atoms with Gasteiger partial charge in [0.2, 0.25) is 5.91 Å². The van der Waals surface area contributed by atoms with Crippen LogP contribution in [0.15, 0.2) is 6.07 Å². The number of nitrogens with one attached hydrogen (secondary N) is 1. The lowest BCUT2D eigenvalue weighted by atomic mass is 9.99. The topological polar surface area (TPSA) is 90.7 Å². The van der Waals surface area contributed by atoms with Gasteiger partial charge in [-0.3, -0.25) is 9.48 Å². The molecule has 3 rings (SSSR count). The first-order valence-corrected chi connectivity index (χ1v) is 9.46. The van der Waals surface area contributed by atoms with Gasteiger partial charge in [-0.25, -0.2) is 4.79 Å². The highest BCUT2D eigenvalue weighted by Gasteiger charge is 2.25. The summed E-state index contributed by atoms with van der Waals surface area (Å²) in [5, 5.41) is 16.8. The van der Waals surface area contributed by atoms with E-state index in [1.165, 1.54) is 0 Å². The number of hydrogen-bond donors (Lipinski definition) is 2. The van der Waals surface area contributed by atoms with Gasteiger partial charge >= 0.3 is 6.03 Å². The van der Waals surface area contributed by atoms with Crippen LogP contribution in [0.5, 0.6) is 0 Å². The third kappa shape index (κ3) is 4.17. The maximum atomic E-state index is 12.3. The zero-order valence-electron chi connectivity index (χ0n) is 15.6. The van der Waals surface area contributed by atoms with Crippen LogP contribution in [0, 0.1) is 11.8 Å². The molecule has 2 N–H and O–H groups in total. The number of piperidine rings is 1. The van der Waals surface area contributed by atoms with Crippen molar-refractivity contribution in [3.05, 3.63) is 17.5 Å². The van der Waals surface area contributed by atoms with E-state index in [-0.39, 0.29) is 30.4 Å². The van der Waals surface area contributed by atoms with Crippen molar-refractivity contribution in [1.82, 2.24) is 24.9 Å². The average Bonchev–Trinajstić information content (AvgIpc) is 3.07. The Balaban J connectivity index is 1.54. The number of aliphatic hydroxyl groups excluding tert-OH is 1. The summed E-state index contributed by atoms with van der Waals surface area (Å²) < 4.78 is 1.92. The van der Waals surface area contributed by atoms with Gasteiger partial charge in [-0.2, -0.15) is 5.10 Å². The molecule has 0 saturated carbocycles. The summed E-state index contributed by atoms with van der Waals surface area (Å²) in [6.07, 6.45) is 1.90. The van der Waals surface area contributed by atoms with Crippen LogP contribution in [0.1, 0.15) is 38.1 Å². The molecule has 26 heavy (non-hydrogen) atoms. The molecule has 8 nitrogen and oxygen atoms in total. The number of fused-ring (bicyclic) bond motifs is 1. The van der Waals surface area contributed by atoms with Crippen LogP contribution >= 0.6 is 0 Å². The zero-order valence-corrected chi connectivity index (χ0v) is 15.6. The van der Waals surface area contributed by atoms with Gasteiger partial charge < -0.3 is 20.2 Å². The summed E-state index contributed by atoms with van der Waals surface area (Å²) in [4.78, 5) is 28.1. The highest BCUT2D eigenvalue weighted by atomic mass is 16.3. The average molecular weight is 363 g/mol. The number of aliphatic hydroxyl groups is 1. The lowest BCUT2D eigenvalue weighted by molar-refractivity contribution is -0.136. The van der Waals surface area contributed by atoms with Gasteiger partial charge in [0.25, 0.3) is 0 Å². The van der Waals surface area contributed by atoms with Crippen molar-refractivity contribution < 1.29 is 14.7 Å². The molecule has 0 aromatic carbocycles. The van der Waals surface area contributed by atoms with Gasteiger partial charge in [0.15, 0.2) is 0 Å². The molecular formula is C18H29N5O3. The quantitative estimate of drug-likeness (QED) is 0.828. The molecule has 2 aliphatic rings. The van der Waals surface area contributed by atoms with E-state index in [0.717, 1.165) is 30.8 Å². The Morgan fingerprint density at radius 2 is 2.12 bits per heavy atom. The first-order valence-electron chi connectivity index (χ1n) is 9.46. The SMILES string of the molecule is CC(C)C(=O)N1CCn2nc(CNC(=O)N3CCC[C@H](CO)C3)cc2C1. The van der Waals surface area contributed by atoms with E-state index < -0.39 is 0 Å². The van der Waals surface area contributed by atoms with Crippen molar-refractivity contribution in [2.45, 2.75) is 46.3 Å². The van der Waals surface area contributed by atoms with Crippen molar-refractivity contribution in [2.24, 2.45) is 11.8 Å². The minimum atomic E-state index is -0.106. The molecule has 0 radical (unpaired) electrons. The molecule has 0 bridgehead atoms. The molecule has 1 aromatic heterocycles. The van der Waals surface area contributed by atoms with E-state index >= 15 is 0 Å². The number of aromatic nitrogens is 2. The maximum Gasteiger partial charge on any atom is 0.317 e. The van der Waals surface area contributed by atoms with Gasteiger partial charge in [-0.05, 0) is 24.8 Å². The fourth-order valence-electron chi connectivity index (χ4n) is 3.64. The van der Waals surface area contributed by atoms with Crippen LogP contribution < -0.4 is 5.32 Å². The minimum Gasteiger partial charge on any atom is -0.396 e. The molecule has 144 valence electrons. The first-order chi connectivity index (χ1) is 12.5. The lowest BCUT2D eigenvalue weighted by Gasteiger charge is -2.31. The number of carbonyl (C=O) groups is 2. The maximum absolute atomic E-state index is 12.3. The zero-order chi connectivity index (χ0) is 18.7. The largest absolute Gasteiger partial charge is 0.396 e. The summed E-state index contributed by atoms with van der Waals surface area (Å²) in [6.45, 7) is 7.60.